The molecule has 0 aliphatic carbocycles. The third-order valence-electron chi connectivity index (χ3n) is 5.80. The maximum Gasteiger partial charge on any atom is 0.128 e. The van der Waals surface area contributed by atoms with Crippen molar-refractivity contribution in [1.29, 1.82) is 0 Å². The first kappa shape index (κ1) is 24.7. The van der Waals surface area contributed by atoms with Crippen molar-refractivity contribution in [2.75, 3.05) is 0 Å². The fourth-order valence-electron chi connectivity index (χ4n) is 3.84. The molecule has 0 amide bonds. The summed E-state index contributed by atoms with van der Waals surface area (Å²) in [6, 6.07) is 33.0. The predicted molar refractivity (Wildman–Crippen MR) is 142 cm³/mol. The van der Waals surface area contributed by atoms with Crippen LogP contribution in [0.3, 0.4) is 0 Å². The summed E-state index contributed by atoms with van der Waals surface area (Å²) < 4.78 is 30.4. The highest BCUT2D eigenvalue weighted by Gasteiger charge is 2.07. The summed E-state index contributed by atoms with van der Waals surface area (Å²) in [5, 5.41) is 16.3. The Balaban J connectivity index is 0.000000155. The van der Waals surface area contributed by atoms with Crippen LogP contribution < -0.4 is 0 Å². The van der Waals surface area contributed by atoms with E-state index in [0.717, 1.165) is 22.5 Å². The van der Waals surface area contributed by atoms with Gasteiger partial charge in [0.2, 0.25) is 0 Å². The maximum absolute atomic E-state index is 13.5. The number of rotatable bonds is 6. The Morgan fingerprint density at radius 3 is 1.24 bits per heavy atom. The minimum Gasteiger partial charge on any atom is -0.247 e. The molecule has 6 nitrogen and oxygen atoms in total. The van der Waals surface area contributed by atoms with Gasteiger partial charge in [0.05, 0.1) is 25.5 Å². The molecule has 0 aliphatic rings. The van der Waals surface area contributed by atoms with E-state index in [1.165, 1.54) is 12.1 Å². The molecule has 0 radical (unpaired) electrons. The molecule has 2 aromatic heterocycles. The molecule has 6 rings (SSSR count). The smallest absolute Gasteiger partial charge is 0.128 e. The Kier molecular flexibility index (Phi) is 7.69. The van der Waals surface area contributed by atoms with Gasteiger partial charge in [0.1, 0.15) is 23.0 Å². The number of hydrogen-bond acceptors (Lipinski definition) is 4. The zero-order chi connectivity index (χ0) is 26.2. The highest BCUT2D eigenvalue weighted by Crippen LogP contribution is 2.17. The van der Waals surface area contributed by atoms with Crippen LogP contribution in [0.4, 0.5) is 8.78 Å². The van der Waals surface area contributed by atoms with Gasteiger partial charge in [-0.05, 0) is 12.1 Å². The van der Waals surface area contributed by atoms with Crippen LogP contribution in [0.2, 0.25) is 0 Å². The van der Waals surface area contributed by atoms with Gasteiger partial charge in [0, 0.05) is 22.3 Å². The summed E-state index contributed by atoms with van der Waals surface area (Å²) in [5.41, 5.74) is 4.79. The molecule has 188 valence electrons. The molecule has 0 saturated heterocycles. The van der Waals surface area contributed by atoms with Crippen LogP contribution in [-0.2, 0) is 13.1 Å². The summed E-state index contributed by atoms with van der Waals surface area (Å²) in [7, 11) is 0. The first-order chi connectivity index (χ1) is 18.7. The van der Waals surface area contributed by atoms with Gasteiger partial charge in [-0.25, -0.2) is 18.1 Å². The van der Waals surface area contributed by atoms with Gasteiger partial charge < -0.3 is 0 Å². The maximum atomic E-state index is 13.5. The van der Waals surface area contributed by atoms with Gasteiger partial charge in [0.15, 0.2) is 0 Å². The van der Waals surface area contributed by atoms with Crippen molar-refractivity contribution in [2.45, 2.75) is 13.1 Å². The van der Waals surface area contributed by atoms with E-state index in [2.05, 4.69) is 20.6 Å². The SMILES string of the molecule is Fc1ccccc1Cn1cc(-c2ccccc2)nn1.Fc1ccccc1Cn1cc(-c2ccccc2)nn1. The van der Waals surface area contributed by atoms with E-state index in [0.29, 0.717) is 24.2 Å². The first-order valence-corrected chi connectivity index (χ1v) is 12.0. The Morgan fingerprint density at radius 1 is 0.474 bits per heavy atom. The van der Waals surface area contributed by atoms with Crippen LogP contribution in [-0.4, -0.2) is 30.0 Å². The molecule has 0 spiro atoms. The molecule has 0 unspecified atom stereocenters. The van der Waals surface area contributed by atoms with Gasteiger partial charge in [0.25, 0.3) is 0 Å². The monoisotopic (exact) mass is 506 g/mol. The van der Waals surface area contributed by atoms with E-state index < -0.39 is 0 Å². The molecule has 6 aromatic rings. The number of aromatic nitrogens is 6. The average molecular weight is 507 g/mol. The predicted octanol–water partition coefficient (Wildman–Crippen LogP) is 6.27. The second-order valence-electron chi connectivity index (χ2n) is 8.52. The van der Waals surface area contributed by atoms with Crippen molar-refractivity contribution in [2.24, 2.45) is 0 Å². The lowest BCUT2D eigenvalue weighted by Crippen LogP contribution is -2.02. The molecule has 0 N–H and O–H groups in total. The molecule has 38 heavy (non-hydrogen) atoms. The van der Waals surface area contributed by atoms with Gasteiger partial charge in [-0.2, -0.15) is 0 Å². The number of benzene rings is 4. The zero-order valence-corrected chi connectivity index (χ0v) is 20.4. The largest absolute Gasteiger partial charge is 0.247 e. The normalized spacial score (nSPS) is 10.6. The topological polar surface area (TPSA) is 61.4 Å². The van der Waals surface area contributed by atoms with E-state index in [-0.39, 0.29) is 11.6 Å². The number of nitrogens with zero attached hydrogens (tertiary/aromatic N) is 6. The fraction of sp³-hybridized carbons (Fsp3) is 0.0667. The standard InChI is InChI=1S/2C15H12FN3/c2*16-14-9-5-4-8-13(14)10-19-11-15(17-18-19)12-6-2-1-3-7-12/h2*1-9,11H,10H2. The lowest BCUT2D eigenvalue weighted by Gasteiger charge is -2.01. The van der Waals surface area contributed by atoms with E-state index in [9.17, 15) is 8.78 Å². The van der Waals surface area contributed by atoms with Crippen LogP contribution in [0.15, 0.2) is 122 Å². The molecular weight excluding hydrogens is 482 g/mol. The quantitative estimate of drug-likeness (QED) is 0.267. The van der Waals surface area contributed by atoms with Crippen LogP contribution in [0, 0.1) is 11.6 Å². The van der Waals surface area contributed by atoms with Crippen molar-refractivity contribution in [3.05, 3.63) is 144 Å². The first-order valence-electron chi connectivity index (χ1n) is 12.0. The molecule has 2 heterocycles. The molecule has 0 saturated carbocycles. The summed E-state index contributed by atoms with van der Waals surface area (Å²) in [6.45, 7) is 0.763. The molecular formula is C30H24F2N6. The van der Waals surface area contributed by atoms with Gasteiger partial charge in [-0.3, -0.25) is 0 Å². The lowest BCUT2D eigenvalue weighted by molar-refractivity contribution is 0.577. The number of halogens is 2. The Morgan fingerprint density at radius 2 is 0.842 bits per heavy atom. The molecule has 0 bridgehead atoms. The highest BCUT2D eigenvalue weighted by atomic mass is 19.1. The fourth-order valence-corrected chi connectivity index (χ4v) is 3.84. The van der Waals surface area contributed by atoms with Crippen LogP contribution >= 0.6 is 0 Å². The Hall–Kier alpha value is -4.98. The Labute approximate surface area is 218 Å². The van der Waals surface area contributed by atoms with Crippen LogP contribution in [0.5, 0.6) is 0 Å². The van der Waals surface area contributed by atoms with Crippen molar-refractivity contribution in [3.8, 4) is 22.5 Å². The molecule has 0 aliphatic heterocycles. The summed E-state index contributed by atoms with van der Waals surface area (Å²) >= 11 is 0. The zero-order valence-electron chi connectivity index (χ0n) is 20.4. The van der Waals surface area contributed by atoms with E-state index >= 15 is 0 Å². The second kappa shape index (κ2) is 11.8. The third kappa shape index (κ3) is 6.22. The third-order valence-corrected chi connectivity index (χ3v) is 5.80. The van der Waals surface area contributed by atoms with E-state index in [1.807, 2.05) is 85.2 Å². The van der Waals surface area contributed by atoms with Gasteiger partial charge in [-0.15, -0.1) is 10.2 Å². The minimum atomic E-state index is -0.223. The second-order valence-corrected chi connectivity index (χ2v) is 8.52. The Bertz CT molecular complexity index is 1470. The molecule has 8 heteroatoms. The summed E-state index contributed by atoms with van der Waals surface area (Å²) in [4.78, 5) is 0. The van der Waals surface area contributed by atoms with Crippen LogP contribution in [0.25, 0.3) is 22.5 Å². The summed E-state index contributed by atoms with van der Waals surface area (Å²) in [5.74, 6) is -0.446. The lowest BCUT2D eigenvalue weighted by atomic mass is 10.2. The van der Waals surface area contributed by atoms with Gasteiger partial charge >= 0.3 is 0 Å². The molecule has 4 aromatic carbocycles. The highest BCUT2D eigenvalue weighted by molar-refractivity contribution is 5.57. The molecule has 0 atom stereocenters. The minimum absolute atomic E-state index is 0.223. The van der Waals surface area contributed by atoms with E-state index in [4.69, 9.17) is 0 Å². The van der Waals surface area contributed by atoms with Crippen molar-refractivity contribution < 1.29 is 8.78 Å². The van der Waals surface area contributed by atoms with Crippen LogP contribution in [0.1, 0.15) is 11.1 Å². The average Bonchev–Trinajstić information content (AvgIpc) is 3.63. The summed E-state index contributed by atoms with van der Waals surface area (Å²) in [6.07, 6.45) is 3.64. The molecule has 0 fully saturated rings. The van der Waals surface area contributed by atoms with Crippen molar-refractivity contribution in [1.82, 2.24) is 30.0 Å². The van der Waals surface area contributed by atoms with Crippen molar-refractivity contribution in [3.63, 3.8) is 0 Å². The van der Waals surface area contributed by atoms with Gasteiger partial charge in [-0.1, -0.05) is 107 Å². The van der Waals surface area contributed by atoms with Crippen molar-refractivity contribution >= 4 is 0 Å². The van der Waals surface area contributed by atoms with E-state index in [1.54, 1.807) is 33.6 Å². The number of hydrogen-bond donors (Lipinski definition) is 0.